The van der Waals surface area contributed by atoms with E-state index in [1.807, 2.05) is 0 Å². The molecule has 1 aliphatic rings. The van der Waals surface area contributed by atoms with Gasteiger partial charge in [0.2, 0.25) is 0 Å². The normalized spacial score (nSPS) is 30.8. The number of nitrogens with zero attached hydrogens (tertiary/aromatic N) is 1. The van der Waals surface area contributed by atoms with Gasteiger partial charge in [-0.2, -0.15) is 0 Å². The third-order valence-corrected chi connectivity index (χ3v) is 1.92. The third kappa shape index (κ3) is 2.94. The predicted octanol–water partition coefficient (Wildman–Crippen LogP) is 2.60. The van der Waals surface area contributed by atoms with Crippen LogP contribution in [0.15, 0.2) is 24.2 Å². The van der Waals surface area contributed by atoms with Crippen LogP contribution in [-0.4, -0.2) is 29.6 Å². The summed E-state index contributed by atoms with van der Waals surface area (Å²) >= 11 is 0. The van der Waals surface area contributed by atoms with E-state index >= 15 is 0 Å². The number of carbonyl (C=O) groups excluding carboxylic acids is 1. The van der Waals surface area contributed by atoms with Crippen LogP contribution in [0.1, 0.15) is 44.6 Å². The first-order valence-electron chi connectivity index (χ1n) is 9.82. The van der Waals surface area contributed by atoms with Crippen LogP contribution in [0.2, 0.25) is 0 Å². The standard InChI is InChI=1S/C14H20N2O2/c1-14(2,3)18-13(17)16-8-11(9-16)10-4-6-12(15)7-5-10/h4-7,11H,8-9,15H2,1-3H3/i4D,5D,6D,7D,8D2,9D2,11D. The van der Waals surface area contributed by atoms with E-state index in [4.69, 9.17) is 22.8 Å². The molecule has 18 heavy (non-hydrogen) atoms. The average Bonchev–Trinajstić information content (AvgIpc) is 2.48. The highest BCUT2D eigenvalue weighted by molar-refractivity contribution is 5.69. The number of hydrogen-bond donors (Lipinski definition) is 1. The molecular weight excluding hydrogens is 228 g/mol. The lowest BCUT2D eigenvalue weighted by Gasteiger charge is -2.40. The number of amides is 1. The fourth-order valence-electron chi connectivity index (χ4n) is 1.18. The van der Waals surface area contributed by atoms with Crippen molar-refractivity contribution < 1.29 is 21.9 Å². The number of nitrogen functional groups attached to an aromatic ring is 1. The van der Waals surface area contributed by atoms with E-state index in [9.17, 15) is 4.79 Å². The van der Waals surface area contributed by atoms with Gasteiger partial charge in [-0.05, 0) is 38.4 Å². The first-order chi connectivity index (χ1) is 11.9. The second kappa shape index (κ2) is 4.52. The molecule has 0 spiro atoms. The third-order valence-electron chi connectivity index (χ3n) is 1.92. The van der Waals surface area contributed by atoms with E-state index in [1.165, 1.54) is 20.8 Å². The maximum atomic E-state index is 12.3. The Morgan fingerprint density at radius 1 is 1.50 bits per heavy atom. The number of nitrogens with two attached hydrogens (primary N) is 1. The maximum absolute atomic E-state index is 12.3. The fourth-order valence-corrected chi connectivity index (χ4v) is 1.18. The summed E-state index contributed by atoms with van der Waals surface area (Å²) in [7, 11) is 0. The van der Waals surface area contributed by atoms with Crippen molar-refractivity contribution in [1.82, 2.24) is 4.90 Å². The molecule has 2 rings (SSSR count). The zero-order valence-corrected chi connectivity index (χ0v) is 10.3. The minimum atomic E-state index is -3.01. The number of rotatable bonds is 1. The van der Waals surface area contributed by atoms with Crippen molar-refractivity contribution in [2.75, 3.05) is 18.7 Å². The Balaban J connectivity index is 2.69. The summed E-state index contributed by atoms with van der Waals surface area (Å²) in [4.78, 5) is 12.4. The van der Waals surface area contributed by atoms with Gasteiger partial charge in [0.15, 0.2) is 0 Å². The Labute approximate surface area is 120 Å². The maximum Gasteiger partial charge on any atom is 0.410 e. The monoisotopic (exact) mass is 257 g/mol. The molecule has 2 N–H and O–H groups in total. The minimum Gasteiger partial charge on any atom is -0.444 e. The van der Waals surface area contributed by atoms with Gasteiger partial charge >= 0.3 is 6.09 Å². The average molecular weight is 257 g/mol. The molecule has 98 valence electrons. The lowest BCUT2D eigenvalue weighted by Crippen LogP contribution is -2.50. The molecule has 0 aromatic heterocycles. The Kier molecular flexibility index (Phi) is 1.38. The van der Waals surface area contributed by atoms with Crippen LogP contribution < -0.4 is 5.73 Å². The molecule has 4 nitrogen and oxygen atoms in total. The number of likely N-dealkylation sites (tertiary alicyclic amines) is 1. The van der Waals surface area contributed by atoms with E-state index in [1.54, 1.807) is 0 Å². The summed E-state index contributed by atoms with van der Waals surface area (Å²) in [5.41, 5.74) is 3.12. The lowest BCUT2D eigenvalue weighted by molar-refractivity contribution is 0.00820. The van der Waals surface area contributed by atoms with Crippen molar-refractivity contribution in [3.05, 3.63) is 29.7 Å². The molecule has 1 aromatic carbocycles. The number of benzene rings is 1. The largest absolute Gasteiger partial charge is 0.444 e. The Hall–Kier alpha value is -1.71. The number of anilines is 1. The molecule has 1 heterocycles. The predicted molar refractivity (Wildman–Crippen MR) is 71.4 cm³/mol. The number of hydrogen-bond acceptors (Lipinski definition) is 3. The van der Waals surface area contributed by atoms with Gasteiger partial charge in [0.25, 0.3) is 0 Å². The molecule has 1 aromatic rings. The van der Waals surface area contributed by atoms with E-state index in [-0.39, 0.29) is 4.90 Å². The molecule has 4 heteroatoms. The molecule has 0 aliphatic carbocycles. The Morgan fingerprint density at radius 3 is 2.56 bits per heavy atom. The summed E-state index contributed by atoms with van der Waals surface area (Å²) in [5.74, 6) is -2.94. The Bertz CT molecular complexity index is 775. The van der Waals surface area contributed by atoms with Crippen LogP contribution >= 0.6 is 0 Å². The van der Waals surface area contributed by atoms with Gasteiger partial charge in [-0.15, -0.1) is 0 Å². The number of ether oxygens (including phenoxy) is 1. The van der Waals surface area contributed by atoms with Gasteiger partial charge in [0, 0.05) is 25.9 Å². The van der Waals surface area contributed by atoms with Gasteiger partial charge < -0.3 is 15.4 Å². The van der Waals surface area contributed by atoms with Crippen LogP contribution in [0.5, 0.6) is 0 Å². The summed E-state index contributed by atoms with van der Waals surface area (Å²) in [5, 5.41) is 0. The van der Waals surface area contributed by atoms with Gasteiger partial charge in [-0.3, -0.25) is 0 Å². The summed E-state index contributed by atoms with van der Waals surface area (Å²) < 4.78 is 77.5. The van der Waals surface area contributed by atoms with Crippen LogP contribution in [-0.2, 0) is 4.74 Å². The highest BCUT2D eigenvalue weighted by Crippen LogP contribution is 2.28. The summed E-state index contributed by atoms with van der Waals surface area (Å²) in [6, 6.07) is -3.08. The highest BCUT2D eigenvalue weighted by Gasteiger charge is 2.34. The van der Waals surface area contributed by atoms with E-state index in [2.05, 4.69) is 0 Å². The second-order valence-corrected chi connectivity index (χ2v) is 4.70. The molecule has 0 radical (unpaired) electrons. The molecule has 1 saturated heterocycles. The van der Waals surface area contributed by atoms with E-state index in [0.29, 0.717) is 0 Å². The van der Waals surface area contributed by atoms with Gasteiger partial charge in [0.1, 0.15) is 5.60 Å². The van der Waals surface area contributed by atoms with E-state index < -0.39 is 66.0 Å². The minimum absolute atomic E-state index is 0.0979. The van der Waals surface area contributed by atoms with Crippen molar-refractivity contribution in [1.29, 1.82) is 0 Å². The summed E-state index contributed by atoms with van der Waals surface area (Å²) in [6.07, 6.45) is -1.34. The molecule has 0 saturated carbocycles. The van der Waals surface area contributed by atoms with E-state index in [0.717, 1.165) is 0 Å². The number of carbonyl (C=O) groups is 1. The quantitative estimate of drug-likeness (QED) is 0.787. The van der Waals surface area contributed by atoms with Crippen LogP contribution in [0, 0.1) is 0 Å². The van der Waals surface area contributed by atoms with Crippen molar-refractivity contribution >= 4 is 11.8 Å². The first-order valence-corrected chi connectivity index (χ1v) is 5.32. The molecule has 1 fully saturated rings. The highest BCUT2D eigenvalue weighted by atomic mass is 16.6. The van der Waals surface area contributed by atoms with Crippen molar-refractivity contribution in [2.45, 2.75) is 32.3 Å². The molecule has 1 aliphatic heterocycles. The van der Waals surface area contributed by atoms with Gasteiger partial charge in [0.05, 0.1) is 11.0 Å². The van der Waals surface area contributed by atoms with Crippen molar-refractivity contribution in [3.63, 3.8) is 0 Å². The van der Waals surface area contributed by atoms with Gasteiger partial charge in [-0.1, -0.05) is 12.1 Å². The smallest absolute Gasteiger partial charge is 0.410 e. The van der Waals surface area contributed by atoms with Crippen molar-refractivity contribution in [2.24, 2.45) is 0 Å². The van der Waals surface area contributed by atoms with Crippen molar-refractivity contribution in [3.8, 4) is 0 Å². The van der Waals surface area contributed by atoms with Crippen LogP contribution in [0.4, 0.5) is 10.5 Å². The Morgan fingerprint density at radius 2 is 2.06 bits per heavy atom. The molecule has 0 atom stereocenters. The molecule has 0 unspecified atom stereocenters. The fraction of sp³-hybridized carbons (Fsp3) is 0.500. The zero-order chi connectivity index (χ0) is 21.3. The molecule has 0 bridgehead atoms. The first kappa shape index (κ1) is 5.51. The lowest BCUT2D eigenvalue weighted by atomic mass is 9.92. The van der Waals surface area contributed by atoms with Gasteiger partial charge in [-0.25, -0.2) is 4.79 Å². The van der Waals surface area contributed by atoms with Crippen LogP contribution in [0.25, 0.3) is 0 Å². The SMILES string of the molecule is [2H]c1c([2H])c(C2([2H])C([2H])([2H])N(C(=O)OC(C)(C)C)C2([2H])[2H])c([2H])c([2H])c1N. The molecular formula is C14H20N2O2. The van der Waals surface area contributed by atoms with Crippen LogP contribution in [0.3, 0.4) is 0 Å². The topological polar surface area (TPSA) is 55.6 Å². The molecule has 1 amide bonds. The second-order valence-electron chi connectivity index (χ2n) is 4.70. The summed E-state index contributed by atoms with van der Waals surface area (Å²) in [6.45, 7) is -1.51. The zero-order valence-electron chi connectivity index (χ0n) is 19.3.